The summed E-state index contributed by atoms with van der Waals surface area (Å²) in [6, 6.07) is 17.5. The Kier molecular flexibility index (Phi) is 6.47. The van der Waals surface area contributed by atoms with E-state index in [0.717, 1.165) is 5.56 Å². The fourth-order valence-electron chi connectivity index (χ4n) is 3.52. The van der Waals surface area contributed by atoms with Gasteiger partial charge in [0.15, 0.2) is 0 Å². The zero-order valence-corrected chi connectivity index (χ0v) is 17.3. The number of amides is 2. The first-order valence-electron chi connectivity index (χ1n) is 9.48. The minimum atomic E-state index is -0.526. The van der Waals surface area contributed by atoms with Gasteiger partial charge in [-0.2, -0.15) is 0 Å². The van der Waals surface area contributed by atoms with E-state index in [1.165, 1.54) is 15.6 Å². The van der Waals surface area contributed by atoms with Crippen LogP contribution >= 0.6 is 11.3 Å². The van der Waals surface area contributed by atoms with Crippen LogP contribution < -0.4 is 5.32 Å². The molecule has 4 nitrogen and oxygen atoms in total. The van der Waals surface area contributed by atoms with Gasteiger partial charge in [0.2, 0.25) is 11.8 Å². The van der Waals surface area contributed by atoms with Crippen LogP contribution in [0.3, 0.4) is 0 Å². The first kappa shape index (κ1) is 20.1. The maximum atomic E-state index is 13.1. The molecular formula is C23H26N2O2S. The average molecular weight is 395 g/mol. The van der Waals surface area contributed by atoms with Crippen molar-refractivity contribution in [2.24, 2.45) is 5.92 Å². The smallest absolute Gasteiger partial charge is 0.242 e. The lowest BCUT2D eigenvalue weighted by Crippen LogP contribution is -2.49. The van der Waals surface area contributed by atoms with E-state index in [0.29, 0.717) is 12.8 Å². The minimum absolute atomic E-state index is 0.0141. The minimum Gasteiger partial charge on any atom is -0.357 e. The van der Waals surface area contributed by atoms with Gasteiger partial charge in [0.1, 0.15) is 6.04 Å². The molecule has 1 aromatic heterocycles. The zero-order chi connectivity index (χ0) is 20.1. The molecule has 5 heteroatoms. The number of hydrogen-bond donors (Lipinski definition) is 1. The summed E-state index contributed by atoms with van der Waals surface area (Å²) in [5.41, 5.74) is 2.22. The molecule has 2 amide bonds. The van der Waals surface area contributed by atoms with Gasteiger partial charge in [-0.25, -0.2) is 0 Å². The van der Waals surface area contributed by atoms with Crippen molar-refractivity contribution >= 4 is 33.2 Å². The second-order valence-electron chi connectivity index (χ2n) is 7.13. The van der Waals surface area contributed by atoms with Crippen molar-refractivity contribution < 1.29 is 9.59 Å². The molecule has 28 heavy (non-hydrogen) atoms. The Morgan fingerprint density at radius 2 is 1.71 bits per heavy atom. The Labute approximate surface area is 170 Å². The summed E-state index contributed by atoms with van der Waals surface area (Å²) >= 11 is 1.70. The largest absolute Gasteiger partial charge is 0.357 e. The van der Waals surface area contributed by atoms with E-state index in [-0.39, 0.29) is 17.7 Å². The molecule has 0 spiro atoms. The number of carbonyl (C=O) groups excluding carboxylic acids is 2. The molecule has 1 heterocycles. The molecular weight excluding hydrogens is 368 g/mol. The third-order valence-corrected chi connectivity index (χ3v) is 6.16. The number of thiophene rings is 1. The summed E-state index contributed by atoms with van der Waals surface area (Å²) in [5, 5.41) is 6.04. The van der Waals surface area contributed by atoms with E-state index in [4.69, 9.17) is 0 Å². The number of rotatable bonds is 7. The van der Waals surface area contributed by atoms with Gasteiger partial charge in [-0.05, 0) is 34.4 Å². The van der Waals surface area contributed by atoms with E-state index in [1.54, 1.807) is 30.3 Å². The first-order valence-corrected chi connectivity index (χ1v) is 10.4. The van der Waals surface area contributed by atoms with Crippen LogP contribution in [0.5, 0.6) is 0 Å². The third-order valence-electron chi connectivity index (χ3n) is 5.14. The highest BCUT2D eigenvalue weighted by atomic mass is 32.1. The predicted molar refractivity (Wildman–Crippen MR) is 115 cm³/mol. The van der Waals surface area contributed by atoms with Crippen molar-refractivity contribution in [3.05, 3.63) is 71.1 Å². The van der Waals surface area contributed by atoms with Gasteiger partial charge in [-0.1, -0.05) is 55.5 Å². The number of likely N-dealkylation sites (N-methyl/N-ethyl adjacent to an activating group) is 2. The Bertz CT molecular complexity index is 951. The lowest BCUT2D eigenvalue weighted by molar-refractivity contribution is -0.141. The summed E-state index contributed by atoms with van der Waals surface area (Å²) in [6.07, 6.45) is 1.16. The SMILES string of the molecule is CNC(=O)[C@@H](Cc1ccccc1)N(C)C(=O)[C@H](C)Cc1csc2ccccc12. The van der Waals surface area contributed by atoms with Gasteiger partial charge >= 0.3 is 0 Å². The standard InChI is InChI=1S/C23H26N2O2S/c1-16(13-18-15-28-21-12-8-7-11-19(18)21)23(27)25(3)20(22(26)24-2)14-17-9-5-4-6-10-17/h4-12,15-16,20H,13-14H2,1-3H3,(H,24,26)/t16-,20-/m1/s1. The Morgan fingerprint density at radius 3 is 2.43 bits per heavy atom. The second-order valence-corrected chi connectivity index (χ2v) is 8.04. The van der Waals surface area contributed by atoms with Gasteiger partial charge < -0.3 is 10.2 Å². The lowest BCUT2D eigenvalue weighted by atomic mass is 9.97. The molecule has 0 radical (unpaired) electrons. The van der Waals surface area contributed by atoms with Gasteiger partial charge in [-0.3, -0.25) is 9.59 Å². The number of hydrogen-bond acceptors (Lipinski definition) is 3. The van der Waals surface area contributed by atoms with E-state index >= 15 is 0 Å². The summed E-state index contributed by atoms with van der Waals surface area (Å²) in [7, 11) is 3.34. The third kappa shape index (κ3) is 4.42. The van der Waals surface area contributed by atoms with E-state index in [1.807, 2.05) is 49.4 Å². The van der Waals surface area contributed by atoms with Gasteiger partial charge in [0.05, 0.1) is 0 Å². The van der Waals surface area contributed by atoms with E-state index in [9.17, 15) is 9.59 Å². The quantitative estimate of drug-likeness (QED) is 0.661. The van der Waals surface area contributed by atoms with Crippen LogP contribution in [-0.2, 0) is 22.4 Å². The molecule has 3 aromatic rings. The van der Waals surface area contributed by atoms with Crippen molar-refractivity contribution in [1.29, 1.82) is 0 Å². The molecule has 2 aromatic carbocycles. The number of carbonyl (C=O) groups is 2. The molecule has 0 fully saturated rings. The number of fused-ring (bicyclic) bond motifs is 1. The molecule has 0 saturated heterocycles. The molecule has 0 aliphatic carbocycles. The van der Waals surface area contributed by atoms with Crippen molar-refractivity contribution in [2.45, 2.75) is 25.8 Å². The Hall–Kier alpha value is -2.66. The lowest BCUT2D eigenvalue weighted by Gasteiger charge is -2.29. The van der Waals surface area contributed by atoms with Gasteiger partial charge in [0, 0.05) is 31.1 Å². The molecule has 0 aliphatic heterocycles. The first-order chi connectivity index (χ1) is 13.5. The van der Waals surface area contributed by atoms with Crippen molar-refractivity contribution in [3.63, 3.8) is 0 Å². The van der Waals surface area contributed by atoms with Gasteiger partial charge in [-0.15, -0.1) is 11.3 Å². The second kappa shape index (κ2) is 9.02. The zero-order valence-electron chi connectivity index (χ0n) is 16.5. The highest BCUT2D eigenvalue weighted by molar-refractivity contribution is 7.17. The summed E-state index contributed by atoms with van der Waals surface area (Å²) < 4.78 is 1.23. The average Bonchev–Trinajstić information content (AvgIpc) is 3.14. The van der Waals surface area contributed by atoms with Gasteiger partial charge in [0.25, 0.3) is 0 Å². The highest BCUT2D eigenvalue weighted by Gasteiger charge is 2.29. The van der Waals surface area contributed by atoms with Crippen LogP contribution in [0.4, 0.5) is 0 Å². The van der Waals surface area contributed by atoms with Crippen LogP contribution in [0, 0.1) is 5.92 Å². The molecule has 2 atom stereocenters. The molecule has 3 rings (SSSR count). The van der Waals surface area contributed by atoms with Crippen LogP contribution in [0.25, 0.3) is 10.1 Å². The fourth-order valence-corrected chi connectivity index (χ4v) is 4.49. The molecule has 0 unspecified atom stereocenters. The topological polar surface area (TPSA) is 49.4 Å². The van der Waals surface area contributed by atoms with Crippen molar-refractivity contribution in [1.82, 2.24) is 10.2 Å². The van der Waals surface area contributed by atoms with Crippen LogP contribution in [0.2, 0.25) is 0 Å². The molecule has 0 bridgehead atoms. The van der Waals surface area contributed by atoms with Crippen LogP contribution in [0.15, 0.2) is 60.0 Å². The number of nitrogens with one attached hydrogen (secondary N) is 1. The van der Waals surface area contributed by atoms with Crippen molar-refractivity contribution in [2.75, 3.05) is 14.1 Å². The molecule has 0 saturated carbocycles. The fraction of sp³-hybridized carbons (Fsp3) is 0.304. The molecule has 0 aliphatic rings. The number of benzene rings is 2. The molecule has 146 valence electrons. The highest BCUT2D eigenvalue weighted by Crippen LogP contribution is 2.28. The van der Waals surface area contributed by atoms with E-state index in [2.05, 4.69) is 22.8 Å². The van der Waals surface area contributed by atoms with Crippen LogP contribution in [0.1, 0.15) is 18.1 Å². The van der Waals surface area contributed by atoms with Crippen molar-refractivity contribution in [3.8, 4) is 0 Å². The normalized spacial score (nSPS) is 13.1. The number of nitrogens with zero attached hydrogens (tertiary/aromatic N) is 1. The summed E-state index contributed by atoms with van der Waals surface area (Å²) in [6.45, 7) is 1.94. The Balaban J connectivity index is 1.75. The monoisotopic (exact) mass is 394 g/mol. The van der Waals surface area contributed by atoms with E-state index < -0.39 is 6.04 Å². The maximum absolute atomic E-state index is 13.1. The Morgan fingerprint density at radius 1 is 1.04 bits per heavy atom. The summed E-state index contributed by atoms with van der Waals surface area (Å²) in [5.74, 6) is -0.362. The maximum Gasteiger partial charge on any atom is 0.242 e. The summed E-state index contributed by atoms with van der Waals surface area (Å²) in [4.78, 5) is 27.2. The predicted octanol–water partition coefficient (Wildman–Crippen LogP) is 3.90. The molecule has 1 N–H and O–H groups in total. The van der Waals surface area contributed by atoms with Crippen LogP contribution in [-0.4, -0.2) is 36.9 Å².